The lowest BCUT2D eigenvalue weighted by Crippen LogP contribution is -2.32. The average Bonchev–Trinajstić information content (AvgIpc) is 2.91. The number of hydrogen-bond donors (Lipinski definition) is 2. The largest absolute Gasteiger partial charge is 0.481 e. The maximum atomic E-state index is 12.4. The number of carbonyl (C=O) groups is 2. The van der Waals surface area contributed by atoms with E-state index in [0.29, 0.717) is 18.5 Å². The number of benzene rings is 1. The Bertz CT molecular complexity index is 806. The van der Waals surface area contributed by atoms with Gasteiger partial charge in [-0.15, -0.1) is 0 Å². The van der Waals surface area contributed by atoms with Crippen molar-refractivity contribution in [2.24, 2.45) is 5.41 Å². The Morgan fingerprint density at radius 2 is 1.92 bits per heavy atom. The topological polar surface area (TPSA) is 84.2 Å². The number of aromatic nitrogens is 2. The molecule has 134 valence electrons. The highest BCUT2D eigenvalue weighted by molar-refractivity contribution is 5.95. The molecule has 0 saturated heterocycles. The predicted molar refractivity (Wildman–Crippen MR) is 96.1 cm³/mol. The molecule has 0 bridgehead atoms. The summed E-state index contributed by atoms with van der Waals surface area (Å²) in [5.41, 5.74) is 3.52. The molecule has 0 fully saturated rings. The van der Waals surface area contributed by atoms with Gasteiger partial charge < -0.3 is 10.4 Å². The minimum absolute atomic E-state index is 0.241. The first-order chi connectivity index (χ1) is 11.6. The molecule has 0 aliphatic carbocycles. The smallest absolute Gasteiger partial charge is 0.309 e. The third-order valence-corrected chi connectivity index (χ3v) is 4.46. The highest BCUT2D eigenvalue weighted by Gasteiger charge is 2.27. The Labute approximate surface area is 147 Å². The van der Waals surface area contributed by atoms with Gasteiger partial charge in [-0.2, -0.15) is 5.10 Å². The summed E-state index contributed by atoms with van der Waals surface area (Å²) in [7, 11) is 0. The van der Waals surface area contributed by atoms with Gasteiger partial charge in [0.05, 0.1) is 28.6 Å². The van der Waals surface area contributed by atoms with Crippen LogP contribution in [-0.4, -0.2) is 33.3 Å². The summed E-state index contributed by atoms with van der Waals surface area (Å²) in [6.07, 6.45) is 1.91. The fraction of sp³-hybridized carbons (Fsp3) is 0.421. The second-order valence-electron chi connectivity index (χ2n) is 7.04. The van der Waals surface area contributed by atoms with Crippen molar-refractivity contribution in [3.05, 3.63) is 46.8 Å². The van der Waals surface area contributed by atoms with E-state index in [9.17, 15) is 9.59 Å². The molecule has 2 rings (SSSR count). The molecule has 25 heavy (non-hydrogen) atoms. The Balaban J connectivity index is 2.14. The summed E-state index contributed by atoms with van der Waals surface area (Å²) in [5, 5.41) is 16.3. The van der Waals surface area contributed by atoms with Crippen molar-refractivity contribution in [1.29, 1.82) is 0 Å². The van der Waals surface area contributed by atoms with Gasteiger partial charge in [0.2, 0.25) is 0 Å². The van der Waals surface area contributed by atoms with E-state index < -0.39 is 11.4 Å². The monoisotopic (exact) mass is 343 g/mol. The van der Waals surface area contributed by atoms with Gasteiger partial charge in [-0.25, -0.2) is 4.68 Å². The van der Waals surface area contributed by atoms with Crippen LogP contribution in [0, 0.1) is 26.2 Å². The highest BCUT2D eigenvalue weighted by atomic mass is 16.4. The number of amides is 1. The molecule has 0 spiro atoms. The van der Waals surface area contributed by atoms with Crippen LogP contribution in [0.5, 0.6) is 0 Å². The Morgan fingerprint density at radius 3 is 2.56 bits per heavy atom. The minimum Gasteiger partial charge on any atom is -0.481 e. The van der Waals surface area contributed by atoms with Crippen LogP contribution >= 0.6 is 0 Å². The number of carbonyl (C=O) groups excluding carboxylic acids is 1. The quantitative estimate of drug-likeness (QED) is 0.844. The number of aryl methyl sites for hydroxylation is 2. The van der Waals surface area contributed by atoms with Gasteiger partial charge in [-0.1, -0.05) is 12.1 Å². The van der Waals surface area contributed by atoms with E-state index in [4.69, 9.17) is 5.11 Å². The van der Waals surface area contributed by atoms with Crippen LogP contribution in [0.15, 0.2) is 24.4 Å². The molecule has 0 unspecified atom stereocenters. The molecule has 0 aliphatic rings. The molecule has 0 aliphatic heterocycles. The molecule has 1 amide bonds. The van der Waals surface area contributed by atoms with Gasteiger partial charge in [0.15, 0.2) is 0 Å². The van der Waals surface area contributed by atoms with Crippen LogP contribution in [0.2, 0.25) is 0 Å². The normalized spacial score (nSPS) is 11.4. The van der Waals surface area contributed by atoms with Crippen LogP contribution < -0.4 is 5.32 Å². The zero-order chi connectivity index (χ0) is 18.8. The van der Waals surface area contributed by atoms with Crippen LogP contribution in [0.3, 0.4) is 0 Å². The number of rotatable bonds is 6. The lowest BCUT2D eigenvalue weighted by Gasteiger charge is -2.18. The van der Waals surface area contributed by atoms with Crippen LogP contribution in [0.1, 0.15) is 47.4 Å². The second kappa shape index (κ2) is 7.09. The number of nitrogens with one attached hydrogen (secondary N) is 1. The molecule has 1 aromatic heterocycles. The molecule has 6 heteroatoms. The number of carboxylic acid groups (broad SMARTS) is 1. The zero-order valence-electron chi connectivity index (χ0n) is 15.4. The zero-order valence-corrected chi connectivity index (χ0v) is 15.4. The van der Waals surface area contributed by atoms with Crippen molar-refractivity contribution in [2.45, 2.75) is 41.0 Å². The first-order valence-corrected chi connectivity index (χ1v) is 8.27. The van der Waals surface area contributed by atoms with E-state index in [1.165, 1.54) is 0 Å². The van der Waals surface area contributed by atoms with Crippen LogP contribution in [0.25, 0.3) is 5.69 Å². The van der Waals surface area contributed by atoms with Crippen molar-refractivity contribution in [3.63, 3.8) is 0 Å². The van der Waals surface area contributed by atoms with Crippen molar-refractivity contribution < 1.29 is 14.7 Å². The maximum absolute atomic E-state index is 12.4. The first kappa shape index (κ1) is 18.7. The molecule has 6 nitrogen and oxygen atoms in total. The molecule has 2 aromatic rings. The minimum atomic E-state index is -0.874. The molecule has 2 N–H and O–H groups in total. The summed E-state index contributed by atoms with van der Waals surface area (Å²) in [6.45, 7) is 9.46. The van der Waals surface area contributed by atoms with Crippen LogP contribution in [-0.2, 0) is 4.79 Å². The van der Waals surface area contributed by atoms with Gasteiger partial charge in [-0.05, 0) is 58.2 Å². The van der Waals surface area contributed by atoms with E-state index in [1.54, 1.807) is 24.7 Å². The molecule has 1 heterocycles. The Kier molecular flexibility index (Phi) is 5.30. The summed E-state index contributed by atoms with van der Waals surface area (Å²) in [4.78, 5) is 23.5. The van der Waals surface area contributed by atoms with E-state index in [1.807, 2.05) is 39.0 Å². The van der Waals surface area contributed by atoms with Crippen molar-refractivity contribution in [2.75, 3.05) is 6.54 Å². The van der Waals surface area contributed by atoms with Crippen molar-refractivity contribution in [1.82, 2.24) is 15.1 Å². The number of hydrogen-bond acceptors (Lipinski definition) is 3. The Hall–Kier alpha value is -2.63. The third-order valence-electron chi connectivity index (χ3n) is 4.46. The fourth-order valence-corrected chi connectivity index (χ4v) is 2.51. The van der Waals surface area contributed by atoms with Gasteiger partial charge in [-0.3, -0.25) is 9.59 Å². The Morgan fingerprint density at radius 1 is 1.24 bits per heavy atom. The standard InChI is InChI=1S/C19H25N3O3/c1-12-6-7-13(2)16(10-12)22-14(3)15(11-21-22)17(23)20-9-8-19(4,5)18(24)25/h6-7,10-11H,8-9H2,1-5H3,(H,20,23)(H,24,25). The first-order valence-electron chi connectivity index (χ1n) is 8.27. The summed E-state index contributed by atoms with van der Waals surface area (Å²) in [6, 6.07) is 6.10. The molecule has 1 aromatic carbocycles. The number of aliphatic carboxylic acids is 1. The molecule has 0 saturated carbocycles. The van der Waals surface area contributed by atoms with E-state index in [2.05, 4.69) is 10.4 Å². The third kappa shape index (κ3) is 4.07. The molecule has 0 radical (unpaired) electrons. The average molecular weight is 343 g/mol. The number of nitrogens with zero attached hydrogens (tertiary/aromatic N) is 2. The van der Waals surface area contributed by atoms with Crippen LogP contribution in [0.4, 0.5) is 0 Å². The maximum Gasteiger partial charge on any atom is 0.309 e. The number of carboxylic acids is 1. The van der Waals surface area contributed by atoms with E-state index in [0.717, 1.165) is 22.5 Å². The second-order valence-corrected chi connectivity index (χ2v) is 7.04. The lowest BCUT2D eigenvalue weighted by atomic mass is 9.90. The van der Waals surface area contributed by atoms with Gasteiger partial charge in [0, 0.05) is 6.54 Å². The SMILES string of the molecule is Cc1ccc(C)c(-n2ncc(C(=O)NCCC(C)(C)C(=O)O)c2C)c1. The fourth-order valence-electron chi connectivity index (χ4n) is 2.51. The highest BCUT2D eigenvalue weighted by Crippen LogP contribution is 2.21. The summed E-state index contributed by atoms with van der Waals surface area (Å²) in [5.74, 6) is -1.11. The van der Waals surface area contributed by atoms with Crippen molar-refractivity contribution in [3.8, 4) is 5.69 Å². The van der Waals surface area contributed by atoms with Gasteiger partial charge in [0.1, 0.15) is 0 Å². The van der Waals surface area contributed by atoms with Crippen molar-refractivity contribution >= 4 is 11.9 Å². The molecular weight excluding hydrogens is 318 g/mol. The molecule has 0 atom stereocenters. The summed E-state index contributed by atoms with van der Waals surface area (Å²) >= 11 is 0. The van der Waals surface area contributed by atoms with Gasteiger partial charge in [0.25, 0.3) is 5.91 Å². The van der Waals surface area contributed by atoms with E-state index >= 15 is 0 Å². The lowest BCUT2D eigenvalue weighted by molar-refractivity contribution is -0.147. The molecular formula is C19H25N3O3. The van der Waals surface area contributed by atoms with E-state index in [-0.39, 0.29) is 5.91 Å². The van der Waals surface area contributed by atoms with Gasteiger partial charge >= 0.3 is 5.97 Å². The summed E-state index contributed by atoms with van der Waals surface area (Å²) < 4.78 is 1.76. The predicted octanol–water partition coefficient (Wildman–Crippen LogP) is 3.03.